The molecule has 32 heavy (non-hydrogen) atoms. The number of fused-ring (bicyclic) bond motifs is 1. The minimum absolute atomic E-state index is 0.0923. The Balaban J connectivity index is 1.55. The van der Waals surface area contributed by atoms with Crippen molar-refractivity contribution in [3.8, 4) is 5.69 Å². The maximum atomic E-state index is 13.0. The molecule has 4 rings (SSSR count). The highest BCUT2D eigenvalue weighted by atomic mass is 32.1. The van der Waals surface area contributed by atoms with Gasteiger partial charge in [-0.15, -0.1) is 11.3 Å². The van der Waals surface area contributed by atoms with Crippen molar-refractivity contribution in [3.63, 3.8) is 0 Å². The van der Waals surface area contributed by atoms with Gasteiger partial charge in [-0.1, -0.05) is 0 Å². The summed E-state index contributed by atoms with van der Waals surface area (Å²) in [6.07, 6.45) is -2.37. The highest BCUT2D eigenvalue weighted by Gasteiger charge is 2.36. The number of alkyl halides is 3. The van der Waals surface area contributed by atoms with Crippen molar-refractivity contribution >= 4 is 40.5 Å². The largest absolute Gasteiger partial charge is 0.448 e. The monoisotopic (exact) mass is 463 g/mol. The van der Waals surface area contributed by atoms with Gasteiger partial charge in [0, 0.05) is 12.4 Å². The molecular formula is C21H16F3N3O4S. The van der Waals surface area contributed by atoms with Crippen LogP contribution in [0.15, 0.2) is 54.2 Å². The van der Waals surface area contributed by atoms with Gasteiger partial charge >= 0.3 is 12.1 Å². The van der Waals surface area contributed by atoms with Gasteiger partial charge in [-0.25, -0.2) is 4.79 Å². The number of carbonyl (C=O) groups is 3. The van der Waals surface area contributed by atoms with Crippen LogP contribution in [0.5, 0.6) is 0 Å². The molecule has 0 saturated carbocycles. The standard InChI is InChI=1S/C21H16F3N3O4S/c1-12(31-20(30)18-16(6-9-32-18)26-7-2-3-8-26)19(29)27-11-17(28)25-14-10-13(21(22,23)24)4-5-15(14)27/h2-10,12H,11H2,1H3,(H,25,28). The van der Waals surface area contributed by atoms with Crippen molar-refractivity contribution in [3.05, 3.63) is 64.6 Å². The zero-order chi connectivity index (χ0) is 23.0. The molecule has 0 saturated heterocycles. The van der Waals surface area contributed by atoms with E-state index in [1.165, 1.54) is 6.92 Å². The molecule has 2 aromatic heterocycles. The van der Waals surface area contributed by atoms with Crippen LogP contribution in [0, 0.1) is 0 Å². The maximum absolute atomic E-state index is 13.0. The number of halogens is 3. The molecule has 3 aromatic rings. The van der Waals surface area contributed by atoms with Crippen LogP contribution in [-0.4, -0.2) is 35.0 Å². The van der Waals surface area contributed by atoms with Crippen molar-refractivity contribution in [1.29, 1.82) is 0 Å². The normalized spacial score (nSPS) is 14.5. The van der Waals surface area contributed by atoms with Crippen LogP contribution in [0.1, 0.15) is 22.2 Å². The molecule has 7 nitrogen and oxygen atoms in total. The Labute approximate surface area is 184 Å². The number of hydrogen-bond acceptors (Lipinski definition) is 5. The number of thiophene rings is 1. The highest BCUT2D eigenvalue weighted by Crippen LogP contribution is 2.37. The first-order valence-electron chi connectivity index (χ1n) is 9.39. The predicted molar refractivity (Wildman–Crippen MR) is 111 cm³/mol. The second-order valence-electron chi connectivity index (χ2n) is 6.98. The number of nitrogens with zero attached hydrogens (tertiary/aromatic N) is 2. The lowest BCUT2D eigenvalue weighted by atomic mass is 10.1. The number of hydrogen-bond donors (Lipinski definition) is 1. The van der Waals surface area contributed by atoms with Gasteiger partial charge < -0.3 is 14.6 Å². The molecule has 166 valence electrons. The number of nitrogens with one attached hydrogen (secondary N) is 1. The lowest BCUT2D eigenvalue weighted by molar-refractivity contribution is -0.137. The molecule has 0 aliphatic carbocycles. The van der Waals surface area contributed by atoms with E-state index in [2.05, 4.69) is 5.32 Å². The number of benzene rings is 1. The van der Waals surface area contributed by atoms with Crippen LogP contribution >= 0.6 is 11.3 Å². The van der Waals surface area contributed by atoms with Gasteiger partial charge in [0.05, 0.1) is 22.6 Å². The van der Waals surface area contributed by atoms with Crippen molar-refractivity contribution in [2.45, 2.75) is 19.2 Å². The summed E-state index contributed by atoms with van der Waals surface area (Å²) in [5.41, 5.74) is -0.418. The molecule has 0 radical (unpaired) electrons. The molecule has 2 amide bonds. The summed E-state index contributed by atoms with van der Waals surface area (Å²) >= 11 is 1.15. The quantitative estimate of drug-likeness (QED) is 0.591. The second kappa shape index (κ2) is 8.15. The Kier molecular flexibility index (Phi) is 5.51. The summed E-state index contributed by atoms with van der Waals surface area (Å²) in [4.78, 5) is 38.9. The summed E-state index contributed by atoms with van der Waals surface area (Å²) in [5, 5.41) is 4.05. The third-order valence-electron chi connectivity index (χ3n) is 4.80. The maximum Gasteiger partial charge on any atom is 0.416 e. The third kappa shape index (κ3) is 4.11. The van der Waals surface area contributed by atoms with E-state index in [1.54, 1.807) is 40.5 Å². The molecular weight excluding hydrogens is 447 g/mol. The Morgan fingerprint density at radius 3 is 2.56 bits per heavy atom. The van der Waals surface area contributed by atoms with Gasteiger partial charge in [0.25, 0.3) is 5.91 Å². The number of carbonyl (C=O) groups excluding carboxylic acids is 3. The topological polar surface area (TPSA) is 80.6 Å². The van der Waals surface area contributed by atoms with Crippen LogP contribution < -0.4 is 10.2 Å². The number of esters is 1. The van der Waals surface area contributed by atoms with E-state index in [0.29, 0.717) is 5.69 Å². The minimum Gasteiger partial charge on any atom is -0.448 e. The number of anilines is 2. The van der Waals surface area contributed by atoms with E-state index in [0.717, 1.165) is 34.4 Å². The van der Waals surface area contributed by atoms with Gasteiger partial charge in [-0.3, -0.25) is 14.5 Å². The van der Waals surface area contributed by atoms with Crippen LogP contribution in [0.3, 0.4) is 0 Å². The van der Waals surface area contributed by atoms with E-state index >= 15 is 0 Å². The molecule has 1 aliphatic heterocycles. The van der Waals surface area contributed by atoms with Gasteiger partial charge in [0.2, 0.25) is 5.91 Å². The Morgan fingerprint density at radius 1 is 1.16 bits per heavy atom. The molecule has 1 aromatic carbocycles. The molecule has 1 aliphatic rings. The summed E-state index contributed by atoms with van der Waals surface area (Å²) in [6, 6.07) is 8.01. The molecule has 11 heteroatoms. The summed E-state index contributed by atoms with van der Waals surface area (Å²) in [6.45, 7) is 0.937. The minimum atomic E-state index is -4.60. The molecule has 1 atom stereocenters. The van der Waals surface area contributed by atoms with Crippen molar-refractivity contribution in [1.82, 2.24) is 4.57 Å². The van der Waals surface area contributed by atoms with E-state index < -0.39 is 42.2 Å². The molecule has 0 bridgehead atoms. The van der Waals surface area contributed by atoms with Crippen LogP contribution in [-0.2, 0) is 20.5 Å². The first kappa shape index (κ1) is 21.6. The molecule has 0 fully saturated rings. The highest BCUT2D eigenvalue weighted by molar-refractivity contribution is 7.12. The average molecular weight is 463 g/mol. The first-order valence-corrected chi connectivity index (χ1v) is 10.3. The number of aromatic nitrogens is 1. The third-order valence-corrected chi connectivity index (χ3v) is 5.68. The van der Waals surface area contributed by atoms with Crippen LogP contribution in [0.4, 0.5) is 24.5 Å². The Hall–Kier alpha value is -3.60. The molecule has 3 heterocycles. The predicted octanol–water partition coefficient (Wildman–Crippen LogP) is 4.09. The summed E-state index contributed by atoms with van der Waals surface area (Å²) < 4.78 is 46.1. The smallest absolute Gasteiger partial charge is 0.416 e. The number of amides is 2. The lowest BCUT2D eigenvalue weighted by Crippen LogP contribution is -2.47. The van der Waals surface area contributed by atoms with E-state index in [1.807, 2.05) is 0 Å². The fourth-order valence-electron chi connectivity index (χ4n) is 3.30. The first-order chi connectivity index (χ1) is 15.1. The van der Waals surface area contributed by atoms with Crippen LogP contribution in [0.2, 0.25) is 0 Å². The number of rotatable bonds is 4. The number of ether oxygens (including phenoxy) is 1. The van der Waals surface area contributed by atoms with Gasteiger partial charge in [0.1, 0.15) is 11.4 Å². The zero-order valence-electron chi connectivity index (χ0n) is 16.6. The average Bonchev–Trinajstić information content (AvgIpc) is 3.42. The summed E-state index contributed by atoms with van der Waals surface area (Å²) in [7, 11) is 0. The van der Waals surface area contributed by atoms with E-state index in [4.69, 9.17) is 4.74 Å². The fraction of sp³-hybridized carbons (Fsp3) is 0.190. The van der Waals surface area contributed by atoms with Crippen molar-refractivity contribution < 1.29 is 32.3 Å². The summed E-state index contributed by atoms with van der Waals surface area (Å²) in [5.74, 6) is -2.11. The van der Waals surface area contributed by atoms with Gasteiger partial charge in [0.15, 0.2) is 6.10 Å². The lowest BCUT2D eigenvalue weighted by Gasteiger charge is -2.31. The second-order valence-corrected chi connectivity index (χ2v) is 7.89. The van der Waals surface area contributed by atoms with Crippen LogP contribution in [0.25, 0.3) is 5.69 Å². The fourth-order valence-corrected chi connectivity index (χ4v) is 4.07. The van der Waals surface area contributed by atoms with Gasteiger partial charge in [-0.2, -0.15) is 13.2 Å². The Bertz CT molecular complexity index is 1190. The van der Waals surface area contributed by atoms with E-state index in [9.17, 15) is 27.6 Å². The van der Waals surface area contributed by atoms with Gasteiger partial charge in [-0.05, 0) is 48.7 Å². The van der Waals surface area contributed by atoms with E-state index in [-0.39, 0.29) is 16.3 Å². The van der Waals surface area contributed by atoms with Crippen molar-refractivity contribution in [2.75, 3.05) is 16.8 Å². The van der Waals surface area contributed by atoms with Crippen molar-refractivity contribution in [2.24, 2.45) is 0 Å². The zero-order valence-corrected chi connectivity index (χ0v) is 17.4. The SMILES string of the molecule is CC(OC(=O)c1sccc1-n1cccc1)C(=O)N1CC(=O)Nc2cc(C(F)(F)F)ccc21. The molecule has 1 unspecified atom stereocenters. The molecule has 1 N–H and O–H groups in total. The Morgan fingerprint density at radius 2 is 1.88 bits per heavy atom. The molecule has 0 spiro atoms.